The monoisotopic (exact) mass is 131 g/mol. The Morgan fingerprint density at radius 2 is 2.57 bits per heavy atom. The third-order valence-corrected chi connectivity index (χ3v) is 2.59. The highest BCUT2D eigenvalue weighted by molar-refractivity contribution is 7.67. The first kappa shape index (κ1) is 5.00. The fourth-order valence-electron chi connectivity index (χ4n) is 0.303. The van der Waals surface area contributed by atoms with Gasteiger partial charge in [0.05, 0.1) is 0 Å². The van der Waals surface area contributed by atoms with E-state index in [0.29, 0.717) is 0 Å². The SMILES string of the molecule is CN=c1ccss1. The van der Waals surface area contributed by atoms with Gasteiger partial charge in [-0.25, -0.2) is 0 Å². The predicted molar refractivity (Wildman–Crippen MR) is 33.7 cm³/mol. The van der Waals surface area contributed by atoms with Crippen LogP contribution in [0.2, 0.25) is 0 Å². The normalized spacial score (nSPS) is 12.4. The first-order valence-electron chi connectivity index (χ1n) is 1.90. The van der Waals surface area contributed by atoms with Gasteiger partial charge in [0.2, 0.25) is 0 Å². The molecule has 0 atom stereocenters. The van der Waals surface area contributed by atoms with E-state index in [9.17, 15) is 0 Å². The minimum atomic E-state index is 1.12. The average Bonchev–Trinajstić information content (AvgIpc) is 2.14. The first-order chi connectivity index (χ1) is 3.43. The summed E-state index contributed by atoms with van der Waals surface area (Å²) in [6.07, 6.45) is 0. The molecule has 0 saturated carbocycles. The molecule has 0 amide bonds. The van der Waals surface area contributed by atoms with Crippen LogP contribution >= 0.6 is 20.7 Å². The van der Waals surface area contributed by atoms with Crippen LogP contribution in [-0.4, -0.2) is 7.05 Å². The number of rotatable bonds is 0. The van der Waals surface area contributed by atoms with E-state index in [4.69, 9.17) is 0 Å². The summed E-state index contributed by atoms with van der Waals surface area (Å²) < 4.78 is 1.12. The standard InChI is InChI=1S/C4H5NS2/c1-5-4-2-3-6-7-4/h2-3H,1H3. The Bertz CT molecular complexity index is 169. The molecular weight excluding hydrogens is 126 g/mol. The molecule has 0 fully saturated rings. The minimum absolute atomic E-state index is 1.12. The first-order valence-corrected chi connectivity index (χ1v) is 4.11. The largest absolute Gasteiger partial charge is 0.277 e. The van der Waals surface area contributed by atoms with Crippen LogP contribution in [0.5, 0.6) is 0 Å². The van der Waals surface area contributed by atoms with Crippen molar-refractivity contribution >= 4 is 20.7 Å². The van der Waals surface area contributed by atoms with Gasteiger partial charge in [-0.15, -0.1) is 0 Å². The van der Waals surface area contributed by atoms with Crippen molar-refractivity contribution in [3.8, 4) is 0 Å². The summed E-state index contributed by atoms with van der Waals surface area (Å²) >= 11 is 0. The molecule has 0 saturated heterocycles. The topological polar surface area (TPSA) is 12.4 Å². The zero-order valence-electron chi connectivity index (χ0n) is 3.92. The van der Waals surface area contributed by atoms with Crippen molar-refractivity contribution < 1.29 is 0 Å². The second kappa shape index (κ2) is 2.23. The Labute approximate surface area is 49.4 Å². The zero-order chi connectivity index (χ0) is 5.11. The van der Waals surface area contributed by atoms with Crippen molar-refractivity contribution in [2.75, 3.05) is 7.05 Å². The lowest BCUT2D eigenvalue weighted by atomic mass is 10.8. The van der Waals surface area contributed by atoms with Crippen LogP contribution in [0.3, 0.4) is 0 Å². The highest BCUT2D eigenvalue weighted by atomic mass is 32.9. The minimum Gasteiger partial charge on any atom is -0.277 e. The highest BCUT2D eigenvalue weighted by Crippen LogP contribution is 1.96. The van der Waals surface area contributed by atoms with Gasteiger partial charge in [0.15, 0.2) is 0 Å². The second-order valence-electron chi connectivity index (χ2n) is 1.04. The van der Waals surface area contributed by atoms with Crippen molar-refractivity contribution in [1.82, 2.24) is 0 Å². The Kier molecular flexibility index (Phi) is 1.59. The van der Waals surface area contributed by atoms with Crippen molar-refractivity contribution in [3.63, 3.8) is 0 Å². The molecule has 0 bridgehead atoms. The van der Waals surface area contributed by atoms with Crippen LogP contribution in [0, 0.1) is 0 Å². The predicted octanol–water partition coefficient (Wildman–Crippen LogP) is 1.34. The van der Waals surface area contributed by atoms with Crippen LogP contribution in [0.15, 0.2) is 16.4 Å². The summed E-state index contributed by atoms with van der Waals surface area (Å²) in [7, 11) is 5.21. The van der Waals surface area contributed by atoms with Crippen molar-refractivity contribution in [1.29, 1.82) is 0 Å². The van der Waals surface area contributed by atoms with Crippen LogP contribution in [0.25, 0.3) is 0 Å². The fraction of sp³-hybridized carbons (Fsp3) is 0.250. The second-order valence-corrected chi connectivity index (χ2v) is 3.17. The Morgan fingerprint density at radius 3 is 2.86 bits per heavy atom. The quantitative estimate of drug-likeness (QED) is 0.471. The van der Waals surface area contributed by atoms with Gasteiger partial charge in [-0.1, -0.05) is 20.7 Å². The van der Waals surface area contributed by atoms with E-state index in [1.54, 1.807) is 27.7 Å². The molecule has 0 aliphatic heterocycles. The molecule has 0 radical (unpaired) electrons. The number of hydrogen-bond donors (Lipinski definition) is 0. The van der Waals surface area contributed by atoms with Gasteiger partial charge in [0.1, 0.15) is 4.67 Å². The Balaban J connectivity index is 3.22. The number of nitrogens with zero attached hydrogens (tertiary/aromatic N) is 1. The Morgan fingerprint density at radius 1 is 1.71 bits per heavy atom. The van der Waals surface area contributed by atoms with Gasteiger partial charge in [-0.2, -0.15) is 0 Å². The molecular formula is C4H5NS2. The van der Waals surface area contributed by atoms with E-state index in [1.165, 1.54) is 0 Å². The molecule has 1 heterocycles. The van der Waals surface area contributed by atoms with Crippen molar-refractivity contribution in [2.45, 2.75) is 0 Å². The summed E-state index contributed by atoms with van der Waals surface area (Å²) in [5, 5.41) is 2.03. The van der Waals surface area contributed by atoms with Crippen molar-refractivity contribution in [2.24, 2.45) is 4.99 Å². The van der Waals surface area contributed by atoms with Crippen LogP contribution in [0.4, 0.5) is 0 Å². The van der Waals surface area contributed by atoms with Gasteiger partial charge in [-0.05, 0) is 6.07 Å². The molecule has 1 nitrogen and oxygen atoms in total. The van der Waals surface area contributed by atoms with Gasteiger partial charge < -0.3 is 0 Å². The lowest BCUT2D eigenvalue weighted by molar-refractivity contribution is 1.33. The molecule has 7 heavy (non-hydrogen) atoms. The van der Waals surface area contributed by atoms with E-state index in [2.05, 4.69) is 4.99 Å². The maximum absolute atomic E-state index is 3.96. The summed E-state index contributed by atoms with van der Waals surface area (Å²) in [5.74, 6) is 0. The van der Waals surface area contributed by atoms with E-state index < -0.39 is 0 Å². The van der Waals surface area contributed by atoms with Crippen LogP contribution < -0.4 is 4.67 Å². The highest BCUT2D eigenvalue weighted by Gasteiger charge is 1.73. The summed E-state index contributed by atoms with van der Waals surface area (Å²) in [6, 6.07) is 2.01. The fourth-order valence-corrected chi connectivity index (χ4v) is 1.94. The average molecular weight is 131 g/mol. The zero-order valence-corrected chi connectivity index (χ0v) is 5.55. The van der Waals surface area contributed by atoms with E-state index in [1.807, 2.05) is 11.4 Å². The van der Waals surface area contributed by atoms with Crippen molar-refractivity contribution in [3.05, 3.63) is 16.1 Å². The maximum Gasteiger partial charge on any atom is 0.121 e. The van der Waals surface area contributed by atoms with Gasteiger partial charge in [0, 0.05) is 12.4 Å². The molecule has 1 rings (SSSR count). The molecule has 0 N–H and O–H groups in total. The Hall–Kier alpha value is -0.150. The van der Waals surface area contributed by atoms with Crippen LogP contribution in [-0.2, 0) is 0 Å². The molecule has 1 aromatic heterocycles. The summed E-state index contributed by atoms with van der Waals surface area (Å²) in [5.41, 5.74) is 0. The summed E-state index contributed by atoms with van der Waals surface area (Å²) in [4.78, 5) is 3.96. The molecule has 0 spiro atoms. The maximum atomic E-state index is 3.96. The smallest absolute Gasteiger partial charge is 0.121 e. The lowest BCUT2D eigenvalue weighted by Crippen LogP contribution is -1.84. The summed E-state index contributed by atoms with van der Waals surface area (Å²) in [6.45, 7) is 0. The van der Waals surface area contributed by atoms with E-state index >= 15 is 0 Å². The third-order valence-electron chi connectivity index (χ3n) is 0.620. The molecule has 0 unspecified atom stereocenters. The van der Waals surface area contributed by atoms with Gasteiger partial charge >= 0.3 is 0 Å². The van der Waals surface area contributed by atoms with Gasteiger partial charge in [-0.3, -0.25) is 4.99 Å². The van der Waals surface area contributed by atoms with Crippen LogP contribution in [0.1, 0.15) is 0 Å². The number of hydrogen-bond acceptors (Lipinski definition) is 3. The molecule has 1 aromatic rings. The van der Waals surface area contributed by atoms with E-state index in [0.717, 1.165) is 4.67 Å². The van der Waals surface area contributed by atoms with E-state index in [-0.39, 0.29) is 0 Å². The van der Waals surface area contributed by atoms with Gasteiger partial charge in [0.25, 0.3) is 0 Å². The molecule has 38 valence electrons. The molecule has 0 aliphatic rings. The third kappa shape index (κ3) is 1.11. The molecule has 3 heteroatoms. The lowest BCUT2D eigenvalue weighted by Gasteiger charge is -1.61. The molecule has 0 aliphatic carbocycles. The molecule has 0 aromatic carbocycles.